The summed E-state index contributed by atoms with van der Waals surface area (Å²) in [7, 11) is 0. The molecule has 1 spiro atoms. The third-order valence-electron chi connectivity index (χ3n) is 13.2. The number of nitrogens with zero attached hydrogens (tertiary/aromatic N) is 3. The first kappa shape index (κ1) is 36.2. The Labute approximate surface area is 370 Å². The van der Waals surface area contributed by atoms with E-state index in [-0.39, 0.29) is 0 Å². The van der Waals surface area contributed by atoms with Gasteiger partial charge in [-0.2, -0.15) is 0 Å². The smallest absolute Gasteiger partial charge is 0.164 e. The molecule has 0 amide bonds. The van der Waals surface area contributed by atoms with E-state index in [0.29, 0.717) is 17.5 Å². The summed E-state index contributed by atoms with van der Waals surface area (Å²) in [5.41, 5.74) is 13.7. The molecule has 0 fully saturated rings. The first-order valence-electron chi connectivity index (χ1n) is 21.8. The Bertz CT molecular complexity index is 3600. The van der Waals surface area contributed by atoms with Crippen molar-refractivity contribution < 1.29 is 4.74 Å². The number of para-hydroxylation sites is 2. The van der Waals surface area contributed by atoms with Gasteiger partial charge in [0, 0.05) is 27.8 Å². The van der Waals surface area contributed by atoms with Gasteiger partial charge in [0.2, 0.25) is 0 Å². The van der Waals surface area contributed by atoms with Crippen LogP contribution in [0.4, 0.5) is 0 Å². The van der Waals surface area contributed by atoms with Gasteiger partial charge in [-0.25, -0.2) is 15.0 Å². The van der Waals surface area contributed by atoms with E-state index in [1.165, 1.54) is 38.2 Å². The van der Waals surface area contributed by atoms with Gasteiger partial charge in [-0.15, -0.1) is 0 Å². The Morgan fingerprint density at radius 1 is 0.297 bits per heavy atom. The van der Waals surface area contributed by atoms with Gasteiger partial charge < -0.3 is 4.74 Å². The molecule has 298 valence electrons. The van der Waals surface area contributed by atoms with Gasteiger partial charge in [-0.1, -0.05) is 206 Å². The van der Waals surface area contributed by atoms with Crippen molar-refractivity contribution in [3.05, 3.63) is 247 Å². The number of aromatic nitrogens is 3. The third kappa shape index (κ3) is 5.52. The molecule has 1 aromatic heterocycles. The van der Waals surface area contributed by atoms with Crippen LogP contribution in [-0.4, -0.2) is 15.0 Å². The highest BCUT2D eigenvalue weighted by atomic mass is 16.5. The molecular formula is C60H37N3O. The van der Waals surface area contributed by atoms with Crippen molar-refractivity contribution in [1.29, 1.82) is 0 Å². The Hall–Kier alpha value is -8.47. The predicted molar refractivity (Wildman–Crippen MR) is 259 cm³/mol. The van der Waals surface area contributed by atoms with Crippen molar-refractivity contribution in [3.63, 3.8) is 0 Å². The van der Waals surface area contributed by atoms with Crippen molar-refractivity contribution in [2.45, 2.75) is 5.41 Å². The molecule has 0 radical (unpaired) electrons. The molecule has 2 aliphatic rings. The van der Waals surface area contributed by atoms with Gasteiger partial charge in [0.05, 0.1) is 5.41 Å². The summed E-state index contributed by atoms with van der Waals surface area (Å²) in [5.74, 6) is 3.57. The summed E-state index contributed by atoms with van der Waals surface area (Å²) < 4.78 is 6.62. The number of hydrogen-bond acceptors (Lipinski definition) is 4. The molecule has 64 heavy (non-hydrogen) atoms. The zero-order chi connectivity index (χ0) is 42.2. The van der Waals surface area contributed by atoms with Crippen LogP contribution in [0.3, 0.4) is 0 Å². The first-order chi connectivity index (χ1) is 31.7. The average molecular weight is 816 g/mol. The van der Waals surface area contributed by atoms with Crippen LogP contribution in [0.5, 0.6) is 11.5 Å². The van der Waals surface area contributed by atoms with Crippen molar-refractivity contribution in [3.8, 4) is 79.0 Å². The minimum Gasteiger partial charge on any atom is -0.457 e. The fourth-order valence-electron chi connectivity index (χ4n) is 10.3. The maximum atomic E-state index is 6.62. The Morgan fingerprint density at radius 3 is 1.52 bits per heavy atom. The fraction of sp³-hybridized carbons (Fsp3) is 0.0167. The Balaban J connectivity index is 1.00. The lowest BCUT2D eigenvalue weighted by Gasteiger charge is -2.39. The lowest BCUT2D eigenvalue weighted by Crippen LogP contribution is -2.32. The summed E-state index contributed by atoms with van der Waals surface area (Å²) in [6.07, 6.45) is 0. The maximum absolute atomic E-state index is 6.62. The van der Waals surface area contributed by atoms with Crippen molar-refractivity contribution >= 4 is 21.5 Å². The van der Waals surface area contributed by atoms with Crippen molar-refractivity contribution in [1.82, 2.24) is 15.0 Å². The minimum absolute atomic E-state index is 0.609. The first-order valence-corrected chi connectivity index (χ1v) is 21.8. The maximum Gasteiger partial charge on any atom is 0.164 e. The predicted octanol–water partition coefficient (Wildman–Crippen LogP) is 15.0. The van der Waals surface area contributed by atoms with Crippen molar-refractivity contribution in [2.24, 2.45) is 0 Å². The highest BCUT2D eigenvalue weighted by molar-refractivity contribution is 5.98. The highest BCUT2D eigenvalue weighted by Gasteiger charge is 2.51. The Kier molecular flexibility index (Phi) is 8.09. The van der Waals surface area contributed by atoms with Crippen LogP contribution in [0.15, 0.2) is 224 Å². The van der Waals surface area contributed by atoms with Crippen LogP contribution in [0.25, 0.3) is 89.1 Å². The lowest BCUT2D eigenvalue weighted by atomic mass is 9.66. The molecule has 0 atom stereocenters. The van der Waals surface area contributed by atoms with Crippen LogP contribution in [0.1, 0.15) is 22.3 Å². The molecule has 11 aromatic rings. The number of rotatable bonds is 5. The van der Waals surface area contributed by atoms with E-state index in [1.807, 2.05) is 0 Å². The molecule has 0 bridgehead atoms. The van der Waals surface area contributed by atoms with E-state index in [1.54, 1.807) is 0 Å². The molecule has 4 nitrogen and oxygen atoms in total. The molecule has 4 heteroatoms. The van der Waals surface area contributed by atoms with Crippen LogP contribution >= 0.6 is 0 Å². The molecule has 0 N–H and O–H groups in total. The zero-order valence-corrected chi connectivity index (χ0v) is 34.6. The van der Waals surface area contributed by atoms with E-state index in [0.717, 1.165) is 67.1 Å². The average Bonchev–Trinajstić information content (AvgIpc) is 3.66. The second kappa shape index (κ2) is 14.3. The molecule has 1 aliphatic carbocycles. The largest absolute Gasteiger partial charge is 0.457 e. The molecule has 13 rings (SSSR count). The number of ether oxygens (including phenoxy) is 1. The monoisotopic (exact) mass is 815 g/mol. The third-order valence-corrected chi connectivity index (χ3v) is 13.2. The second-order valence-electron chi connectivity index (χ2n) is 16.7. The summed E-state index contributed by atoms with van der Waals surface area (Å²) in [4.78, 5) is 16.0. The van der Waals surface area contributed by atoms with E-state index >= 15 is 0 Å². The van der Waals surface area contributed by atoms with Gasteiger partial charge in [-0.3, -0.25) is 0 Å². The topological polar surface area (TPSA) is 47.9 Å². The van der Waals surface area contributed by atoms with E-state index in [9.17, 15) is 0 Å². The summed E-state index contributed by atoms with van der Waals surface area (Å²) in [5, 5.41) is 4.88. The minimum atomic E-state index is -0.609. The quantitative estimate of drug-likeness (QED) is 0.174. The standard InChI is InChI=1S/C60H37N3O/c1-2-15-44-37-45(36-29-38(44)13-1)39-27-32-42(33-28-39)57-61-58(43-34-30-41(31-35-43)47-19-11-16-40-14-3-4-17-46(40)47)63-59(62-57)49-20-12-24-53-56(49)48-18-5-6-21-50(48)60(53)51-22-7-9-25-54(51)64-55-26-10-8-23-52(55)60/h1-37H. The van der Waals surface area contributed by atoms with E-state index < -0.39 is 5.41 Å². The summed E-state index contributed by atoms with van der Waals surface area (Å²) >= 11 is 0. The van der Waals surface area contributed by atoms with Crippen LogP contribution in [0, 0.1) is 0 Å². The lowest BCUT2D eigenvalue weighted by molar-refractivity contribution is 0.436. The van der Waals surface area contributed by atoms with Gasteiger partial charge >= 0.3 is 0 Å². The van der Waals surface area contributed by atoms with Gasteiger partial charge in [0.25, 0.3) is 0 Å². The van der Waals surface area contributed by atoms with Gasteiger partial charge in [0.15, 0.2) is 17.5 Å². The number of hydrogen-bond donors (Lipinski definition) is 0. The van der Waals surface area contributed by atoms with Gasteiger partial charge in [-0.05, 0) is 84.3 Å². The Morgan fingerprint density at radius 2 is 0.781 bits per heavy atom. The summed E-state index contributed by atoms with van der Waals surface area (Å²) in [6, 6.07) is 79.7. The molecule has 0 saturated heterocycles. The SMILES string of the molecule is c1ccc2c(c1)Oc1ccccc1C21c2ccccc2-c2c(-c3nc(-c4ccc(-c5ccc6ccccc6c5)cc4)nc(-c4ccc(-c5cccc6ccccc56)cc4)n3)cccc21. The van der Waals surface area contributed by atoms with Crippen LogP contribution in [-0.2, 0) is 5.41 Å². The zero-order valence-electron chi connectivity index (χ0n) is 34.6. The molecule has 10 aromatic carbocycles. The second-order valence-corrected chi connectivity index (χ2v) is 16.7. The van der Waals surface area contributed by atoms with Gasteiger partial charge in [0.1, 0.15) is 11.5 Å². The van der Waals surface area contributed by atoms with Crippen LogP contribution in [0.2, 0.25) is 0 Å². The van der Waals surface area contributed by atoms with Crippen molar-refractivity contribution in [2.75, 3.05) is 0 Å². The molecular weight excluding hydrogens is 779 g/mol. The highest BCUT2D eigenvalue weighted by Crippen LogP contribution is 2.63. The number of fused-ring (bicyclic) bond motifs is 11. The van der Waals surface area contributed by atoms with E-state index in [4.69, 9.17) is 19.7 Å². The molecule has 0 unspecified atom stereocenters. The molecule has 0 saturated carbocycles. The normalized spacial score (nSPS) is 12.9. The molecule has 1 aliphatic heterocycles. The molecule has 2 heterocycles. The number of benzene rings is 10. The van der Waals surface area contributed by atoms with Crippen LogP contribution < -0.4 is 4.74 Å². The fourth-order valence-corrected chi connectivity index (χ4v) is 10.3. The van der Waals surface area contributed by atoms with E-state index in [2.05, 4.69) is 224 Å². The summed E-state index contributed by atoms with van der Waals surface area (Å²) in [6.45, 7) is 0.